The Labute approximate surface area is 165 Å². The summed E-state index contributed by atoms with van der Waals surface area (Å²) < 4.78 is 13.6. The van der Waals surface area contributed by atoms with Crippen LogP contribution in [-0.4, -0.2) is 44.4 Å². The first-order valence-corrected chi connectivity index (χ1v) is 10.4. The van der Waals surface area contributed by atoms with Crippen molar-refractivity contribution in [2.75, 3.05) is 37.3 Å². The first-order chi connectivity index (χ1) is 13.3. The molecule has 0 saturated carbocycles. The second-order valence-electron chi connectivity index (χ2n) is 6.52. The van der Waals surface area contributed by atoms with Crippen LogP contribution >= 0.6 is 11.8 Å². The lowest BCUT2D eigenvalue weighted by Gasteiger charge is -2.34. The summed E-state index contributed by atoms with van der Waals surface area (Å²) in [7, 11) is 1.79. The predicted molar refractivity (Wildman–Crippen MR) is 113 cm³/mol. The normalized spacial score (nSPS) is 15.6. The van der Waals surface area contributed by atoms with Crippen LogP contribution in [0.5, 0.6) is 0 Å². The van der Waals surface area contributed by atoms with E-state index >= 15 is 0 Å². The Hall–Kier alpha value is -2.21. The molecule has 0 aliphatic carbocycles. The molecule has 1 saturated heterocycles. The molecule has 3 rings (SSSR count). The number of hydrogen-bond acceptors (Lipinski definition) is 3. The van der Waals surface area contributed by atoms with Gasteiger partial charge in [-0.15, -0.1) is 11.8 Å². The van der Waals surface area contributed by atoms with Gasteiger partial charge >= 0.3 is 0 Å². The molecule has 1 aliphatic rings. The van der Waals surface area contributed by atoms with Crippen LogP contribution in [0, 0.1) is 5.82 Å². The Morgan fingerprint density at radius 3 is 2.52 bits per heavy atom. The third-order valence-electron chi connectivity index (χ3n) is 4.67. The van der Waals surface area contributed by atoms with Crippen molar-refractivity contribution in [3.05, 3.63) is 60.4 Å². The quantitative estimate of drug-likeness (QED) is 0.343. The highest BCUT2D eigenvalue weighted by Crippen LogP contribution is 2.21. The Bertz CT molecular complexity index is 730. The van der Waals surface area contributed by atoms with Crippen molar-refractivity contribution in [3.8, 4) is 0 Å². The van der Waals surface area contributed by atoms with Gasteiger partial charge < -0.3 is 15.5 Å². The zero-order valence-corrected chi connectivity index (χ0v) is 16.5. The molecule has 1 heterocycles. The molecule has 1 fully saturated rings. The molecular weight excluding hydrogens is 359 g/mol. The molecule has 27 heavy (non-hydrogen) atoms. The Balaban J connectivity index is 1.37. The molecular formula is C21H27FN4S. The molecule has 0 bridgehead atoms. The van der Waals surface area contributed by atoms with Crippen molar-refractivity contribution in [1.29, 1.82) is 0 Å². The zero-order chi connectivity index (χ0) is 18.9. The monoisotopic (exact) mass is 386 g/mol. The first kappa shape index (κ1) is 19.5. The van der Waals surface area contributed by atoms with Gasteiger partial charge in [0.2, 0.25) is 0 Å². The third kappa shape index (κ3) is 5.89. The van der Waals surface area contributed by atoms with Crippen molar-refractivity contribution >= 4 is 23.4 Å². The van der Waals surface area contributed by atoms with E-state index in [9.17, 15) is 4.39 Å². The van der Waals surface area contributed by atoms with E-state index in [0.717, 1.165) is 44.2 Å². The van der Waals surface area contributed by atoms with Crippen molar-refractivity contribution in [2.45, 2.75) is 23.8 Å². The Morgan fingerprint density at radius 1 is 1.11 bits per heavy atom. The molecule has 144 valence electrons. The van der Waals surface area contributed by atoms with Gasteiger partial charge in [0.25, 0.3) is 0 Å². The van der Waals surface area contributed by atoms with Crippen LogP contribution in [-0.2, 0) is 0 Å². The highest BCUT2D eigenvalue weighted by molar-refractivity contribution is 7.99. The molecule has 4 nitrogen and oxygen atoms in total. The number of para-hydroxylation sites is 1. The van der Waals surface area contributed by atoms with E-state index in [1.807, 2.05) is 12.1 Å². The molecule has 0 aromatic heterocycles. The van der Waals surface area contributed by atoms with Gasteiger partial charge in [-0.1, -0.05) is 30.3 Å². The Morgan fingerprint density at radius 2 is 1.81 bits per heavy atom. The number of halogens is 1. The molecule has 2 aromatic rings. The highest BCUT2D eigenvalue weighted by atomic mass is 32.2. The summed E-state index contributed by atoms with van der Waals surface area (Å²) in [5.41, 5.74) is 1.30. The second-order valence-corrected chi connectivity index (χ2v) is 7.66. The SMILES string of the molecule is CN=C(NCCSc1ccccc1F)NC1CCN(c2ccccc2)CC1. The number of rotatable bonds is 6. The predicted octanol–water partition coefficient (Wildman–Crippen LogP) is 3.75. The van der Waals surface area contributed by atoms with Crippen LogP contribution in [0.2, 0.25) is 0 Å². The topological polar surface area (TPSA) is 39.7 Å². The lowest BCUT2D eigenvalue weighted by atomic mass is 10.0. The maximum Gasteiger partial charge on any atom is 0.191 e. The molecule has 2 N–H and O–H groups in total. The van der Waals surface area contributed by atoms with E-state index in [2.05, 4.69) is 50.9 Å². The number of aliphatic imine (C=N–C) groups is 1. The minimum Gasteiger partial charge on any atom is -0.371 e. The van der Waals surface area contributed by atoms with Gasteiger partial charge in [-0.25, -0.2) is 4.39 Å². The van der Waals surface area contributed by atoms with Gasteiger partial charge in [0, 0.05) is 49.1 Å². The second kappa shape index (κ2) is 10.2. The van der Waals surface area contributed by atoms with Crippen LogP contribution in [0.4, 0.5) is 10.1 Å². The molecule has 6 heteroatoms. The lowest BCUT2D eigenvalue weighted by molar-refractivity contribution is 0.462. The molecule has 1 aliphatic heterocycles. The average Bonchev–Trinajstić information content (AvgIpc) is 2.72. The van der Waals surface area contributed by atoms with Crippen molar-refractivity contribution in [2.24, 2.45) is 4.99 Å². The fourth-order valence-electron chi connectivity index (χ4n) is 3.20. The number of nitrogens with zero attached hydrogens (tertiary/aromatic N) is 2. The number of hydrogen-bond donors (Lipinski definition) is 2. The molecule has 0 spiro atoms. The summed E-state index contributed by atoms with van der Waals surface area (Å²) in [6.07, 6.45) is 2.17. The van der Waals surface area contributed by atoms with Crippen LogP contribution in [0.3, 0.4) is 0 Å². The maximum atomic E-state index is 13.6. The summed E-state index contributed by atoms with van der Waals surface area (Å²) in [4.78, 5) is 7.44. The van der Waals surface area contributed by atoms with Gasteiger partial charge in [0.1, 0.15) is 5.82 Å². The summed E-state index contributed by atoms with van der Waals surface area (Å²) in [5, 5.41) is 6.85. The van der Waals surface area contributed by atoms with Crippen molar-refractivity contribution in [3.63, 3.8) is 0 Å². The number of anilines is 1. The van der Waals surface area contributed by atoms with E-state index in [0.29, 0.717) is 10.9 Å². The number of piperidine rings is 1. The number of nitrogens with one attached hydrogen (secondary N) is 2. The van der Waals surface area contributed by atoms with E-state index in [1.54, 1.807) is 13.1 Å². The fourth-order valence-corrected chi connectivity index (χ4v) is 4.01. The van der Waals surface area contributed by atoms with Crippen LogP contribution in [0.25, 0.3) is 0 Å². The van der Waals surface area contributed by atoms with Gasteiger partial charge in [0.05, 0.1) is 0 Å². The maximum absolute atomic E-state index is 13.6. The van der Waals surface area contributed by atoms with Gasteiger partial charge in [0.15, 0.2) is 5.96 Å². The summed E-state index contributed by atoms with van der Waals surface area (Å²) in [5.74, 6) is 1.45. The average molecular weight is 387 g/mol. The summed E-state index contributed by atoms with van der Waals surface area (Å²) in [6, 6.07) is 17.9. The minimum absolute atomic E-state index is 0.157. The summed E-state index contributed by atoms with van der Waals surface area (Å²) in [6.45, 7) is 2.82. The summed E-state index contributed by atoms with van der Waals surface area (Å²) >= 11 is 1.52. The Kier molecular flexibility index (Phi) is 7.39. The highest BCUT2D eigenvalue weighted by Gasteiger charge is 2.20. The third-order valence-corrected chi connectivity index (χ3v) is 5.72. The van der Waals surface area contributed by atoms with Gasteiger partial charge in [-0.3, -0.25) is 4.99 Å². The van der Waals surface area contributed by atoms with Crippen molar-refractivity contribution < 1.29 is 4.39 Å². The van der Waals surface area contributed by atoms with E-state index < -0.39 is 0 Å². The van der Waals surface area contributed by atoms with Gasteiger partial charge in [-0.05, 0) is 37.1 Å². The lowest BCUT2D eigenvalue weighted by Crippen LogP contribution is -2.49. The van der Waals surface area contributed by atoms with Gasteiger partial charge in [-0.2, -0.15) is 0 Å². The smallest absolute Gasteiger partial charge is 0.191 e. The van der Waals surface area contributed by atoms with E-state index in [4.69, 9.17) is 0 Å². The van der Waals surface area contributed by atoms with Crippen LogP contribution < -0.4 is 15.5 Å². The zero-order valence-electron chi connectivity index (χ0n) is 15.7. The van der Waals surface area contributed by atoms with Crippen LogP contribution in [0.15, 0.2) is 64.5 Å². The molecule has 0 unspecified atom stereocenters. The van der Waals surface area contributed by atoms with E-state index in [1.165, 1.54) is 23.5 Å². The van der Waals surface area contributed by atoms with Crippen LogP contribution in [0.1, 0.15) is 12.8 Å². The molecule has 0 atom stereocenters. The van der Waals surface area contributed by atoms with E-state index in [-0.39, 0.29) is 5.82 Å². The molecule has 2 aromatic carbocycles. The standard InChI is InChI=1S/C21H27FN4S/c1-23-21(24-13-16-27-20-10-6-5-9-19(20)22)25-17-11-14-26(15-12-17)18-7-3-2-4-8-18/h2-10,17H,11-16H2,1H3,(H2,23,24,25). The first-order valence-electron chi connectivity index (χ1n) is 9.41. The minimum atomic E-state index is -0.157. The van der Waals surface area contributed by atoms with Crippen molar-refractivity contribution in [1.82, 2.24) is 10.6 Å². The molecule has 0 amide bonds. The largest absolute Gasteiger partial charge is 0.371 e. The fraction of sp³-hybridized carbons (Fsp3) is 0.381. The number of thioether (sulfide) groups is 1. The number of benzene rings is 2. The molecule has 0 radical (unpaired) electrons. The number of guanidine groups is 1.